The Morgan fingerprint density at radius 3 is 2.32 bits per heavy atom. The monoisotopic (exact) mass is 290 g/mol. The molecule has 0 aromatic heterocycles. The molecule has 2 aliphatic rings. The number of piperidine rings is 1. The fraction of sp³-hybridized carbons (Fsp3) is 1.00. The molecule has 1 unspecified atom stereocenters. The SMILES string of the molecule is CN1CCC(CNS(=O)(=O)N2CCC(CN)CC2)C1. The van der Waals surface area contributed by atoms with Crippen LogP contribution in [0.15, 0.2) is 0 Å². The van der Waals surface area contributed by atoms with Gasteiger partial charge in [-0.05, 0) is 51.2 Å². The van der Waals surface area contributed by atoms with E-state index in [4.69, 9.17) is 5.73 Å². The molecule has 0 radical (unpaired) electrons. The number of hydrogen-bond acceptors (Lipinski definition) is 4. The Kier molecular flexibility index (Phi) is 5.19. The van der Waals surface area contributed by atoms with Gasteiger partial charge in [-0.3, -0.25) is 0 Å². The van der Waals surface area contributed by atoms with E-state index >= 15 is 0 Å². The summed E-state index contributed by atoms with van der Waals surface area (Å²) >= 11 is 0. The van der Waals surface area contributed by atoms with Gasteiger partial charge in [0.1, 0.15) is 0 Å². The molecule has 0 amide bonds. The van der Waals surface area contributed by atoms with Crippen LogP contribution in [0, 0.1) is 11.8 Å². The third kappa shape index (κ3) is 4.13. The van der Waals surface area contributed by atoms with Crippen LogP contribution >= 0.6 is 0 Å². The normalized spacial score (nSPS) is 28.0. The molecule has 0 aromatic rings. The van der Waals surface area contributed by atoms with Crippen molar-refractivity contribution < 1.29 is 8.42 Å². The van der Waals surface area contributed by atoms with Crippen LogP contribution in [0.4, 0.5) is 0 Å². The van der Waals surface area contributed by atoms with Crippen LogP contribution in [0.1, 0.15) is 19.3 Å². The van der Waals surface area contributed by atoms with Gasteiger partial charge in [-0.15, -0.1) is 0 Å². The Morgan fingerprint density at radius 2 is 1.79 bits per heavy atom. The first-order chi connectivity index (χ1) is 9.01. The maximum absolute atomic E-state index is 12.2. The maximum atomic E-state index is 12.2. The van der Waals surface area contributed by atoms with Crippen LogP contribution in [0.3, 0.4) is 0 Å². The van der Waals surface area contributed by atoms with Crippen LogP contribution in [0.25, 0.3) is 0 Å². The van der Waals surface area contributed by atoms with Crippen molar-refractivity contribution >= 4 is 10.2 Å². The summed E-state index contributed by atoms with van der Waals surface area (Å²) in [6, 6.07) is 0. The number of rotatable bonds is 5. The molecule has 19 heavy (non-hydrogen) atoms. The average Bonchev–Trinajstić information content (AvgIpc) is 2.82. The van der Waals surface area contributed by atoms with Gasteiger partial charge in [0, 0.05) is 26.2 Å². The van der Waals surface area contributed by atoms with E-state index in [0.717, 1.165) is 32.4 Å². The van der Waals surface area contributed by atoms with Crippen molar-refractivity contribution in [2.24, 2.45) is 17.6 Å². The summed E-state index contributed by atoms with van der Waals surface area (Å²) in [5.74, 6) is 0.927. The molecule has 7 heteroatoms. The number of likely N-dealkylation sites (tertiary alicyclic amines) is 1. The second-order valence-corrected chi connectivity index (χ2v) is 7.60. The second-order valence-electron chi connectivity index (χ2n) is 5.85. The fourth-order valence-electron chi connectivity index (χ4n) is 2.89. The zero-order valence-corrected chi connectivity index (χ0v) is 12.5. The van der Waals surface area contributed by atoms with E-state index in [9.17, 15) is 8.42 Å². The van der Waals surface area contributed by atoms with Gasteiger partial charge in [0.2, 0.25) is 0 Å². The zero-order chi connectivity index (χ0) is 13.9. The summed E-state index contributed by atoms with van der Waals surface area (Å²) < 4.78 is 28.7. The molecule has 2 saturated heterocycles. The molecule has 2 aliphatic heterocycles. The minimum absolute atomic E-state index is 0.446. The minimum atomic E-state index is -3.30. The van der Waals surface area contributed by atoms with Crippen molar-refractivity contribution in [1.82, 2.24) is 13.9 Å². The van der Waals surface area contributed by atoms with Crippen LogP contribution in [0.5, 0.6) is 0 Å². The van der Waals surface area contributed by atoms with E-state index in [2.05, 4.69) is 16.7 Å². The van der Waals surface area contributed by atoms with Crippen LogP contribution < -0.4 is 10.5 Å². The zero-order valence-electron chi connectivity index (χ0n) is 11.7. The summed E-state index contributed by atoms with van der Waals surface area (Å²) in [4.78, 5) is 2.24. The summed E-state index contributed by atoms with van der Waals surface area (Å²) in [6.45, 7) is 4.47. The molecular weight excluding hydrogens is 264 g/mol. The van der Waals surface area contributed by atoms with E-state index in [0.29, 0.717) is 38.0 Å². The van der Waals surface area contributed by atoms with Crippen molar-refractivity contribution in [1.29, 1.82) is 0 Å². The van der Waals surface area contributed by atoms with Crippen LogP contribution in [-0.2, 0) is 10.2 Å². The van der Waals surface area contributed by atoms with Gasteiger partial charge >= 0.3 is 0 Å². The highest BCUT2D eigenvalue weighted by atomic mass is 32.2. The van der Waals surface area contributed by atoms with Gasteiger partial charge in [-0.25, -0.2) is 4.72 Å². The Bertz CT molecular complexity index is 379. The largest absolute Gasteiger partial charge is 0.330 e. The summed E-state index contributed by atoms with van der Waals surface area (Å²) in [7, 11) is -1.22. The first kappa shape index (κ1) is 15.2. The lowest BCUT2D eigenvalue weighted by molar-refractivity contribution is 0.275. The molecule has 0 aromatic carbocycles. The molecule has 0 aliphatic carbocycles. The summed E-state index contributed by atoms with van der Waals surface area (Å²) in [6.07, 6.45) is 2.83. The highest BCUT2D eigenvalue weighted by Gasteiger charge is 2.28. The fourth-order valence-corrected chi connectivity index (χ4v) is 4.21. The lowest BCUT2D eigenvalue weighted by atomic mass is 9.99. The molecule has 0 bridgehead atoms. The van der Waals surface area contributed by atoms with Gasteiger partial charge < -0.3 is 10.6 Å². The highest BCUT2D eigenvalue weighted by molar-refractivity contribution is 7.87. The highest BCUT2D eigenvalue weighted by Crippen LogP contribution is 2.18. The van der Waals surface area contributed by atoms with E-state index < -0.39 is 10.2 Å². The molecule has 1 atom stereocenters. The molecule has 6 nitrogen and oxygen atoms in total. The quantitative estimate of drug-likeness (QED) is 0.712. The molecular formula is C12H26N4O2S. The van der Waals surface area contributed by atoms with Crippen molar-refractivity contribution in [3.63, 3.8) is 0 Å². The van der Waals surface area contributed by atoms with Crippen LogP contribution in [0.2, 0.25) is 0 Å². The maximum Gasteiger partial charge on any atom is 0.279 e. The van der Waals surface area contributed by atoms with E-state index in [1.54, 1.807) is 4.31 Å². The van der Waals surface area contributed by atoms with Crippen molar-refractivity contribution in [3.8, 4) is 0 Å². The third-order valence-electron chi connectivity index (χ3n) is 4.29. The van der Waals surface area contributed by atoms with Gasteiger partial charge in [-0.1, -0.05) is 0 Å². The lowest BCUT2D eigenvalue weighted by Gasteiger charge is -2.30. The van der Waals surface area contributed by atoms with E-state index in [1.165, 1.54) is 0 Å². The van der Waals surface area contributed by atoms with Gasteiger partial charge in [-0.2, -0.15) is 12.7 Å². The Labute approximate surface area is 116 Å². The first-order valence-electron chi connectivity index (χ1n) is 7.14. The number of hydrogen-bond donors (Lipinski definition) is 2. The number of nitrogens with two attached hydrogens (primary N) is 1. The van der Waals surface area contributed by atoms with E-state index in [-0.39, 0.29) is 0 Å². The molecule has 3 N–H and O–H groups in total. The second kappa shape index (κ2) is 6.49. The van der Waals surface area contributed by atoms with Crippen molar-refractivity contribution in [2.75, 3.05) is 46.3 Å². The summed E-state index contributed by atoms with van der Waals surface area (Å²) in [5, 5.41) is 0. The van der Waals surface area contributed by atoms with E-state index in [1.807, 2.05) is 0 Å². The third-order valence-corrected chi connectivity index (χ3v) is 5.87. The number of nitrogens with one attached hydrogen (secondary N) is 1. The molecule has 2 rings (SSSR count). The minimum Gasteiger partial charge on any atom is -0.330 e. The van der Waals surface area contributed by atoms with Gasteiger partial charge in [0.05, 0.1) is 0 Å². The Morgan fingerprint density at radius 1 is 1.16 bits per heavy atom. The lowest BCUT2D eigenvalue weighted by Crippen LogP contribution is -2.47. The molecule has 2 fully saturated rings. The predicted octanol–water partition coefficient (Wildman–Crippen LogP) is -0.557. The molecule has 0 saturated carbocycles. The van der Waals surface area contributed by atoms with Gasteiger partial charge in [0.25, 0.3) is 10.2 Å². The topological polar surface area (TPSA) is 78.7 Å². The standard InChI is InChI=1S/C12H26N4O2S/c1-15-5-2-12(10-15)9-14-19(17,18)16-6-3-11(8-13)4-7-16/h11-12,14H,2-10,13H2,1H3. The summed E-state index contributed by atoms with van der Waals surface area (Å²) in [5.41, 5.74) is 5.62. The Hall–Kier alpha value is -0.210. The predicted molar refractivity (Wildman–Crippen MR) is 75.9 cm³/mol. The van der Waals surface area contributed by atoms with Crippen LogP contribution in [-0.4, -0.2) is 63.9 Å². The molecule has 2 heterocycles. The molecule has 112 valence electrons. The Balaban J connectivity index is 1.78. The number of nitrogens with zero attached hydrogens (tertiary/aromatic N) is 2. The van der Waals surface area contributed by atoms with Crippen molar-refractivity contribution in [2.45, 2.75) is 19.3 Å². The average molecular weight is 290 g/mol. The first-order valence-corrected chi connectivity index (χ1v) is 8.58. The van der Waals surface area contributed by atoms with Crippen molar-refractivity contribution in [3.05, 3.63) is 0 Å². The van der Waals surface area contributed by atoms with Gasteiger partial charge in [0.15, 0.2) is 0 Å². The molecule has 0 spiro atoms. The smallest absolute Gasteiger partial charge is 0.279 e.